The second kappa shape index (κ2) is 5.20. The number of hydrogen-bond acceptors (Lipinski definition) is 1. The largest absolute Gasteiger partial charge is 0.309 e. The van der Waals surface area contributed by atoms with Crippen LogP contribution in [0.15, 0.2) is 18.2 Å². The van der Waals surface area contributed by atoms with Crippen molar-refractivity contribution < 1.29 is 8.78 Å². The maximum absolute atomic E-state index is 14.0. The van der Waals surface area contributed by atoms with E-state index < -0.39 is 11.6 Å². The van der Waals surface area contributed by atoms with Crippen molar-refractivity contribution in [2.75, 3.05) is 6.54 Å². The summed E-state index contributed by atoms with van der Waals surface area (Å²) in [5.74, 6) is 1.01. The molecule has 19 heavy (non-hydrogen) atoms. The van der Waals surface area contributed by atoms with Crippen LogP contribution in [-0.4, -0.2) is 6.54 Å². The highest BCUT2D eigenvalue weighted by Gasteiger charge is 2.56. The molecule has 3 unspecified atom stereocenters. The predicted molar refractivity (Wildman–Crippen MR) is 71.7 cm³/mol. The third kappa shape index (κ3) is 2.29. The van der Waals surface area contributed by atoms with Crippen LogP contribution in [-0.2, 0) is 0 Å². The van der Waals surface area contributed by atoms with E-state index in [-0.39, 0.29) is 11.6 Å². The van der Waals surface area contributed by atoms with Crippen molar-refractivity contribution in [2.24, 2.45) is 17.8 Å². The Balaban J connectivity index is 1.86. The van der Waals surface area contributed by atoms with Gasteiger partial charge in [-0.2, -0.15) is 0 Å². The lowest BCUT2D eigenvalue weighted by molar-refractivity contribution is 0.388. The molecule has 1 N–H and O–H groups in total. The van der Waals surface area contributed by atoms with E-state index in [1.807, 2.05) is 0 Å². The van der Waals surface area contributed by atoms with Gasteiger partial charge in [0.15, 0.2) is 0 Å². The van der Waals surface area contributed by atoms with Crippen LogP contribution in [0.25, 0.3) is 0 Å². The molecule has 2 aliphatic rings. The van der Waals surface area contributed by atoms with E-state index in [0.29, 0.717) is 17.8 Å². The van der Waals surface area contributed by atoms with Crippen LogP contribution < -0.4 is 5.32 Å². The molecule has 2 saturated carbocycles. The topological polar surface area (TPSA) is 12.0 Å². The van der Waals surface area contributed by atoms with Crippen LogP contribution >= 0.6 is 0 Å². The number of fused-ring (bicyclic) bond motifs is 1. The molecule has 1 nitrogen and oxygen atoms in total. The molecule has 1 aromatic rings. The molecule has 2 fully saturated rings. The molecule has 0 aromatic heterocycles. The van der Waals surface area contributed by atoms with Crippen molar-refractivity contribution in [3.05, 3.63) is 35.4 Å². The van der Waals surface area contributed by atoms with E-state index in [9.17, 15) is 8.78 Å². The van der Waals surface area contributed by atoms with Gasteiger partial charge in [-0.15, -0.1) is 0 Å². The van der Waals surface area contributed by atoms with Crippen molar-refractivity contribution in [1.29, 1.82) is 0 Å². The fraction of sp³-hybridized carbons (Fsp3) is 0.625. The van der Waals surface area contributed by atoms with Gasteiger partial charge < -0.3 is 5.32 Å². The minimum atomic E-state index is -0.404. The van der Waals surface area contributed by atoms with Crippen molar-refractivity contribution in [1.82, 2.24) is 5.32 Å². The molecule has 0 aliphatic heterocycles. The number of halogens is 2. The molecule has 0 saturated heterocycles. The maximum atomic E-state index is 14.0. The third-order valence-electron chi connectivity index (χ3n) is 4.78. The van der Waals surface area contributed by atoms with Crippen molar-refractivity contribution >= 4 is 0 Å². The molecule has 0 radical (unpaired) electrons. The van der Waals surface area contributed by atoms with E-state index in [1.54, 1.807) is 0 Å². The molecule has 3 atom stereocenters. The van der Waals surface area contributed by atoms with E-state index in [0.717, 1.165) is 13.0 Å². The smallest absolute Gasteiger partial charge is 0.130 e. The molecular weight excluding hydrogens is 244 g/mol. The van der Waals surface area contributed by atoms with Crippen molar-refractivity contribution in [3.63, 3.8) is 0 Å². The first-order valence-corrected chi connectivity index (χ1v) is 7.41. The molecule has 3 rings (SSSR count). The SMILES string of the molecule is CCCNC(c1c(F)cccc1F)C1C2CCCC21. The van der Waals surface area contributed by atoms with Gasteiger partial charge in [0.25, 0.3) is 0 Å². The fourth-order valence-corrected chi connectivity index (χ4v) is 3.91. The quantitative estimate of drug-likeness (QED) is 0.847. The standard InChI is InChI=1S/C16H21F2N/c1-2-9-19-16(14-10-5-3-6-11(10)14)15-12(17)7-4-8-13(15)18/h4,7-8,10-11,14,16,19H,2-3,5-6,9H2,1H3. The van der Waals surface area contributed by atoms with Crippen LogP contribution in [0, 0.1) is 29.4 Å². The highest BCUT2D eigenvalue weighted by Crippen LogP contribution is 2.62. The highest BCUT2D eigenvalue weighted by molar-refractivity contribution is 5.27. The number of rotatable bonds is 5. The Morgan fingerprint density at radius 1 is 1.21 bits per heavy atom. The fourth-order valence-electron chi connectivity index (χ4n) is 3.91. The summed E-state index contributed by atoms with van der Waals surface area (Å²) in [7, 11) is 0. The number of nitrogens with one attached hydrogen (secondary N) is 1. The molecule has 1 aromatic carbocycles. The first kappa shape index (κ1) is 13.0. The lowest BCUT2D eigenvalue weighted by Gasteiger charge is -2.22. The van der Waals surface area contributed by atoms with Gasteiger partial charge >= 0.3 is 0 Å². The molecule has 0 spiro atoms. The summed E-state index contributed by atoms with van der Waals surface area (Å²) < 4.78 is 28.0. The van der Waals surface area contributed by atoms with Gasteiger partial charge in [0.2, 0.25) is 0 Å². The van der Waals surface area contributed by atoms with E-state index in [1.165, 1.54) is 37.5 Å². The molecular formula is C16H21F2N. The second-order valence-electron chi connectivity index (χ2n) is 5.90. The van der Waals surface area contributed by atoms with Crippen molar-refractivity contribution in [2.45, 2.75) is 38.6 Å². The lowest BCUT2D eigenvalue weighted by Crippen LogP contribution is -2.27. The van der Waals surface area contributed by atoms with Gasteiger partial charge in [-0.25, -0.2) is 8.78 Å². The van der Waals surface area contributed by atoms with Crippen molar-refractivity contribution in [3.8, 4) is 0 Å². The Bertz CT molecular complexity index is 430. The van der Waals surface area contributed by atoms with Crippen LogP contribution in [0.4, 0.5) is 8.78 Å². The first-order chi connectivity index (χ1) is 9.24. The number of hydrogen-bond donors (Lipinski definition) is 1. The summed E-state index contributed by atoms with van der Waals surface area (Å²) in [4.78, 5) is 0. The zero-order valence-electron chi connectivity index (χ0n) is 11.3. The Labute approximate surface area is 113 Å². The van der Waals surface area contributed by atoms with E-state index >= 15 is 0 Å². The Hall–Kier alpha value is -0.960. The Kier molecular flexibility index (Phi) is 3.57. The maximum Gasteiger partial charge on any atom is 0.130 e. The third-order valence-corrected chi connectivity index (χ3v) is 4.78. The monoisotopic (exact) mass is 265 g/mol. The molecule has 0 bridgehead atoms. The van der Waals surface area contributed by atoms with Gasteiger partial charge in [-0.05, 0) is 55.7 Å². The van der Waals surface area contributed by atoms with E-state index in [2.05, 4.69) is 12.2 Å². The van der Waals surface area contributed by atoms with Gasteiger partial charge in [0, 0.05) is 11.6 Å². The minimum Gasteiger partial charge on any atom is -0.309 e. The van der Waals surface area contributed by atoms with Crippen LogP contribution in [0.3, 0.4) is 0 Å². The predicted octanol–water partition coefficient (Wildman–Crippen LogP) is 4.05. The zero-order chi connectivity index (χ0) is 13.4. The first-order valence-electron chi connectivity index (χ1n) is 7.41. The lowest BCUT2D eigenvalue weighted by atomic mass is 9.95. The summed E-state index contributed by atoms with van der Waals surface area (Å²) in [6.45, 7) is 2.89. The van der Waals surface area contributed by atoms with Crippen LogP contribution in [0.5, 0.6) is 0 Å². The van der Waals surface area contributed by atoms with Crippen LogP contribution in [0.2, 0.25) is 0 Å². The normalized spacial score (nSPS) is 30.2. The van der Waals surface area contributed by atoms with Crippen LogP contribution in [0.1, 0.15) is 44.2 Å². The van der Waals surface area contributed by atoms with Gasteiger partial charge in [0.05, 0.1) is 0 Å². The summed E-state index contributed by atoms with van der Waals surface area (Å²) in [5.41, 5.74) is 0.260. The second-order valence-corrected chi connectivity index (χ2v) is 5.90. The average Bonchev–Trinajstić information content (AvgIpc) is 2.85. The minimum absolute atomic E-state index is 0.142. The molecule has 0 heterocycles. The molecule has 0 amide bonds. The molecule has 2 aliphatic carbocycles. The molecule has 104 valence electrons. The summed E-state index contributed by atoms with van der Waals surface area (Å²) in [6, 6.07) is 4.05. The summed E-state index contributed by atoms with van der Waals surface area (Å²) >= 11 is 0. The average molecular weight is 265 g/mol. The van der Waals surface area contributed by atoms with Gasteiger partial charge in [-0.3, -0.25) is 0 Å². The Morgan fingerprint density at radius 3 is 2.42 bits per heavy atom. The Morgan fingerprint density at radius 2 is 1.84 bits per heavy atom. The van der Waals surface area contributed by atoms with Gasteiger partial charge in [-0.1, -0.05) is 19.4 Å². The molecule has 3 heteroatoms. The zero-order valence-corrected chi connectivity index (χ0v) is 11.3. The summed E-state index contributed by atoms with van der Waals surface area (Å²) in [6.07, 6.45) is 4.73. The summed E-state index contributed by atoms with van der Waals surface area (Å²) in [5, 5.41) is 3.38. The highest BCUT2D eigenvalue weighted by atomic mass is 19.1. The van der Waals surface area contributed by atoms with E-state index in [4.69, 9.17) is 0 Å². The van der Waals surface area contributed by atoms with Gasteiger partial charge in [0.1, 0.15) is 11.6 Å². The number of benzene rings is 1.